The summed E-state index contributed by atoms with van der Waals surface area (Å²) >= 11 is 0. The zero-order chi connectivity index (χ0) is 16.9. The van der Waals surface area contributed by atoms with E-state index in [2.05, 4.69) is 60.8 Å². The molecular weight excluding hydrogens is 264 g/mol. The molecular formula is C22H40. The maximum Gasteiger partial charge on any atom is -0.00989 e. The third-order valence-corrected chi connectivity index (χ3v) is 6.86. The lowest BCUT2D eigenvalue weighted by Gasteiger charge is -2.46. The van der Waals surface area contributed by atoms with E-state index in [9.17, 15) is 0 Å². The monoisotopic (exact) mass is 304 g/mol. The summed E-state index contributed by atoms with van der Waals surface area (Å²) in [5.74, 6) is 3.96. The van der Waals surface area contributed by atoms with Crippen molar-refractivity contribution in [2.75, 3.05) is 0 Å². The second kappa shape index (κ2) is 8.39. The van der Waals surface area contributed by atoms with Crippen molar-refractivity contribution in [2.45, 2.75) is 87.0 Å². The highest BCUT2D eigenvalue weighted by Gasteiger charge is 2.40. The molecule has 0 aromatic carbocycles. The van der Waals surface area contributed by atoms with Crippen molar-refractivity contribution in [2.24, 2.45) is 35.0 Å². The van der Waals surface area contributed by atoms with Crippen LogP contribution in [0.5, 0.6) is 0 Å². The number of allylic oxidation sites excluding steroid dienone is 1. The second-order valence-electron chi connectivity index (χ2n) is 8.61. The molecule has 1 aliphatic carbocycles. The van der Waals surface area contributed by atoms with Crippen LogP contribution in [0.3, 0.4) is 0 Å². The molecule has 0 bridgehead atoms. The van der Waals surface area contributed by atoms with Crippen LogP contribution >= 0.6 is 0 Å². The third kappa shape index (κ3) is 4.51. The summed E-state index contributed by atoms with van der Waals surface area (Å²) in [4.78, 5) is 0. The van der Waals surface area contributed by atoms with Crippen LogP contribution in [0.25, 0.3) is 0 Å². The van der Waals surface area contributed by atoms with E-state index < -0.39 is 0 Å². The smallest absolute Gasteiger partial charge is 0.00989 e. The fourth-order valence-corrected chi connectivity index (χ4v) is 4.81. The lowest BCUT2D eigenvalue weighted by atomic mass is 9.59. The maximum absolute atomic E-state index is 3.96. The summed E-state index contributed by atoms with van der Waals surface area (Å²) in [6, 6.07) is 0. The molecule has 128 valence electrons. The zero-order valence-corrected chi connectivity index (χ0v) is 16.3. The van der Waals surface area contributed by atoms with Crippen LogP contribution in [0.1, 0.15) is 87.0 Å². The van der Waals surface area contributed by atoms with Gasteiger partial charge in [-0.05, 0) is 66.8 Å². The van der Waals surface area contributed by atoms with Crippen LogP contribution in [0.4, 0.5) is 0 Å². The average molecular weight is 305 g/mol. The van der Waals surface area contributed by atoms with Gasteiger partial charge in [-0.15, -0.1) is 5.73 Å². The van der Waals surface area contributed by atoms with Gasteiger partial charge in [0.2, 0.25) is 0 Å². The van der Waals surface area contributed by atoms with E-state index in [0.717, 1.165) is 23.7 Å². The van der Waals surface area contributed by atoms with Crippen molar-refractivity contribution in [1.29, 1.82) is 0 Å². The molecule has 0 radical (unpaired) electrons. The van der Waals surface area contributed by atoms with Crippen molar-refractivity contribution in [3.63, 3.8) is 0 Å². The maximum atomic E-state index is 3.96. The Morgan fingerprint density at radius 1 is 1.23 bits per heavy atom. The highest BCUT2D eigenvalue weighted by molar-refractivity contribution is 5.05. The van der Waals surface area contributed by atoms with Gasteiger partial charge < -0.3 is 0 Å². The molecule has 0 amide bonds. The summed E-state index contributed by atoms with van der Waals surface area (Å²) in [6.45, 7) is 20.9. The van der Waals surface area contributed by atoms with Crippen LogP contribution < -0.4 is 0 Å². The standard InChI is InChI=1S/C22H40/c1-9-12-20-13-21(17(6)10-2)19(11-3)15-22(8,16(4)5)14-18(20)7/h16,18-21H,2,9,11-15H2,1,3-8H3. The largest absolute Gasteiger partial charge is 0.130 e. The number of hydrogen-bond donors (Lipinski definition) is 0. The highest BCUT2D eigenvalue weighted by Crippen LogP contribution is 2.50. The van der Waals surface area contributed by atoms with Crippen LogP contribution in [-0.2, 0) is 0 Å². The van der Waals surface area contributed by atoms with Crippen LogP contribution in [-0.4, -0.2) is 0 Å². The molecule has 0 aromatic rings. The van der Waals surface area contributed by atoms with E-state index in [1.807, 2.05) is 0 Å². The Bertz CT molecular complexity index is 385. The zero-order valence-electron chi connectivity index (χ0n) is 16.3. The first-order valence-corrected chi connectivity index (χ1v) is 9.65. The topological polar surface area (TPSA) is 0 Å². The third-order valence-electron chi connectivity index (χ3n) is 6.86. The van der Waals surface area contributed by atoms with Crippen molar-refractivity contribution in [3.8, 4) is 0 Å². The van der Waals surface area contributed by atoms with Crippen molar-refractivity contribution in [3.05, 3.63) is 17.9 Å². The summed E-state index contributed by atoms with van der Waals surface area (Å²) < 4.78 is 0. The second-order valence-corrected chi connectivity index (χ2v) is 8.61. The Kier molecular flexibility index (Phi) is 7.47. The van der Waals surface area contributed by atoms with Gasteiger partial charge in [0, 0.05) is 0 Å². The average Bonchev–Trinajstić information content (AvgIpc) is 2.47. The Balaban J connectivity index is 3.20. The van der Waals surface area contributed by atoms with Gasteiger partial charge in [0.25, 0.3) is 0 Å². The molecule has 1 aliphatic rings. The molecule has 1 saturated carbocycles. The molecule has 0 heterocycles. The van der Waals surface area contributed by atoms with E-state index in [-0.39, 0.29) is 0 Å². The minimum absolute atomic E-state index is 0.478. The number of rotatable bonds is 5. The van der Waals surface area contributed by atoms with Crippen LogP contribution in [0.2, 0.25) is 0 Å². The van der Waals surface area contributed by atoms with Gasteiger partial charge in [-0.1, -0.05) is 67.4 Å². The van der Waals surface area contributed by atoms with E-state index in [1.54, 1.807) is 0 Å². The lowest BCUT2D eigenvalue weighted by molar-refractivity contribution is 0.0535. The summed E-state index contributed by atoms with van der Waals surface area (Å²) in [6.07, 6.45) is 8.11. The normalized spacial score (nSPS) is 36.5. The summed E-state index contributed by atoms with van der Waals surface area (Å²) in [5.41, 5.74) is 5.14. The lowest BCUT2D eigenvalue weighted by Crippen LogP contribution is -2.37. The van der Waals surface area contributed by atoms with Gasteiger partial charge in [-0.25, -0.2) is 0 Å². The molecule has 1 rings (SSSR count). The van der Waals surface area contributed by atoms with Crippen molar-refractivity contribution < 1.29 is 0 Å². The minimum Gasteiger partial charge on any atom is -0.130 e. The van der Waals surface area contributed by atoms with Crippen molar-refractivity contribution in [1.82, 2.24) is 0 Å². The molecule has 1 fully saturated rings. The van der Waals surface area contributed by atoms with Crippen LogP contribution in [0.15, 0.2) is 17.9 Å². The minimum atomic E-state index is 0.478. The predicted molar refractivity (Wildman–Crippen MR) is 100.0 cm³/mol. The van der Waals surface area contributed by atoms with Gasteiger partial charge >= 0.3 is 0 Å². The summed E-state index contributed by atoms with van der Waals surface area (Å²) in [7, 11) is 0. The Labute approximate surface area is 140 Å². The summed E-state index contributed by atoms with van der Waals surface area (Å²) in [5, 5.41) is 0. The van der Waals surface area contributed by atoms with E-state index in [4.69, 9.17) is 0 Å². The molecule has 0 nitrogen and oxygen atoms in total. The molecule has 5 atom stereocenters. The molecule has 0 N–H and O–H groups in total. The quantitative estimate of drug-likeness (QED) is 0.469. The highest BCUT2D eigenvalue weighted by atomic mass is 14.4. The molecule has 5 unspecified atom stereocenters. The van der Waals surface area contributed by atoms with Crippen LogP contribution in [0, 0.1) is 35.0 Å². The molecule has 0 aliphatic heterocycles. The van der Waals surface area contributed by atoms with Gasteiger partial charge in [0.15, 0.2) is 0 Å². The van der Waals surface area contributed by atoms with Gasteiger partial charge in [0.1, 0.15) is 0 Å². The molecule has 0 heteroatoms. The van der Waals surface area contributed by atoms with E-state index in [1.165, 1.54) is 44.1 Å². The Morgan fingerprint density at radius 3 is 2.32 bits per heavy atom. The fraction of sp³-hybridized carbons (Fsp3) is 0.864. The van der Waals surface area contributed by atoms with Gasteiger partial charge in [-0.2, -0.15) is 0 Å². The predicted octanol–water partition coefficient (Wildman–Crippen LogP) is 7.26. The fourth-order valence-electron chi connectivity index (χ4n) is 4.81. The Morgan fingerprint density at radius 2 is 1.86 bits per heavy atom. The van der Waals surface area contributed by atoms with Gasteiger partial charge in [0.05, 0.1) is 0 Å². The Hall–Kier alpha value is -0.480. The molecule has 0 spiro atoms. The number of hydrogen-bond acceptors (Lipinski definition) is 0. The van der Waals surface area contributed by atoms with E-state index in [0.29, 0.717) is 11.3 Å². The first kappa shape index (κ1) is 19.6. The first-order valence-electron chi connectivity index (χ1n) is 9.65. The van der Waals surface area contributed by atoms with E-state index >= 15 is 0 Å². The SMILES string of the molecule is C=C=C(C)C1CC(CCC)C(C)CC(C)(C(C)C)CC1CC. The van der Waals surface area contributed by atoms with Crippen molar-refractivity contribution >= 4 is 0 Å². The molecule has 22 heavy (non-hydrogen) atoms. The molecule has 0 aromatic heterocycles. The first-order chi connectivity index (χ1) is 10.3. The van der Waals surface area contributed by atoms with Gasteiger partial charge in [-0.3, -0.25) is 0 Å². The molecule has 0 saturated heterocycles.